The first-order valence-corrected chi connectivity index (χ1v) is 27.2. The van der Waals surface area contributed by atoms with Crippen molar-refractivity contribution in [2.45, 2.75) is 57.0 Å². The fourth-order valence-corrected chi connectivity index (χ4v) is 11.0. The highest BCUT2D eigenvalue weighted by Crippen LogP contribution is 2.38. The molecule has 12 nitrogen and oxygen atoms in total. The lowest BCUT2D eigenvalue weighted by molar-refractivity contribution is 0.0256. The monoisotopic (exact) mass is 1030 g/mol. The molecule has 4 aliphatic heterocycles. The van der Waals surface area contributed by atoms with Crippen molar-refractivity contribution < 1.29 is 18.9 Å². The molecule has 4 unspecified atom stereocenters. The molecule has 8 aromatic rings. The Kier molecular flexibility index (Phi) is 20.0. The van der Waals surface area contributed by atoms with Gasteiger partial charge in [-0.25, -0.2) is 0 Å². The Morgan fingerprint density at radius 3 is 1.08 bits per heavy atom. The normalized spacial score (nSPS) is 18.1. The van der Waals surface area contributed by atoms with Gasteiger partial charge in [0.15, 0.2) is 0 Å². The molecule has 77 heavy (non-hydrogen) atoms. The van der Waals surface area contributed by atoms with Gasteiger partial charge in [-0.05, 0) is 191 Å². The predicted octanol–water partition coefficient (Wildman–Crippen LogP) is 10.8. The van der Waals surface area contributed by atoms with Crippen LogP contribution < -0.4 is 16.4 Å². The molecular formula is C65H74N8O4. The lowest BCUT2D eigenvalue weighted by Crippen LogP contribution is -2.27. The van der Waals surface area contributed by atoms with Crippen LogP contribution in [0.25, 0.3) is 44.5 Å². The largest absolute Gasteiger partial charge is 0.372 e. The van der Waals surface area contributed by atoms with Crippen molar-refractivity contribution >= 4 is 0 Å². The highest BCUT2D eigenvalue weighted by atomic mass is 16.5. The van der Waals surface area contributed by atoms with E-state index in [9.17, 15) is 0 Å². The fraction of sp³-hybridized carbons (Fsp3) is 0.323. The SMILES string of the molecule is CCNCC1OCCc2c(-c3ccncc3)cccc21.CN(C)CC1OCCc2c(-c3ccncc3)cccc21.CNCC1OCCc2c(-c3ccncc3)cccc21.NCC1OCCc2c(-c3ccncc3)cccc21. The number of nitrogens with zero attached hydrogens (tertiary/aromatic N) is 5. The zero-order valence-corrected chi connectivity index (χ0v) is 45.1. The number of fused-ring (bicyclic) bond motifs is 4. The number of benzene rings is 4. The van der Waals surface area contributed by atoms with E-state index in [1.54, 1.807) is 0 Å². The van der Waals surface area contributed by atoms with Crippen LogP contribution in [0.2, 0.25) is 0 Å². The Bertz CT molecular complexity index is 3070. The van der Waals surface area contributed by atoms with E-state index >= 15 is 0 Å². The highest BCUT2D eigenvalue weighted by Gasteiger charge is 2.26. The van der Waals surface area contributed by atoms with Crippen molar-refractivity contribution in [3.05, 3.63) is 215 Å². The van der Waals surface area contributed by atoms with E-state index in [4.69, 9.17) is 24.7 Å². The minimum absolute atomic E-state index is 0.0375. The van der Waals surface area contributed by atoms with E-state index in [1.807, 2.05) is 68.8 Å². The minimum Gasteiger partial charge on any atom is -0.372 e. The van der Waals surface area contributed by atoms with Gasteiger partial charge < -0.3 is 40.2 Å². The van der Waals surface area contributed by atoms with Gasteiger partial charge in [-0.1, -0.05) is 79.7 Å². The number of nitrogens with one attached hydrogen (secondary N) is 2. The first kappa shape index (κ1) is 54.9. The van der Waals surface area contributed by atoms with E-state index < -0.39 is 0 Å². The summed E-state index contributed by atoms with van der Waals surface area (Å²) in [6, 6.07) is 42.4. The van der Waals surface area contributed by atoms with E-state index in [0.29, 0.717) is 6.54 Å². The Morgan fingerprint density at radius 1 is 0.442 bits per heavy atom. The number of hydrogen-bond acceptors (Lipinski definition) is 12. The molecule has 0 radical (unpaired) electrons. The molecule has 4 aromatic carbocycles. The van der Waals surface area contributed by atoms with E-state index in [2.05, 4.69) is 166 Å². The maximum atomic E-state index is 5.95. The van der Waals surface area contributed by atoms with Gasteiger partial charge in [0.2, 0.25) is 0 Å². The van der Waals surface area contributed by atoms with Gasteiger partial charge in [0.05, 0.1) is 50.8 Å². The van der Waals surface area contributed by atoms with E-state index in [1.165, 1.54) is 89.0 Å². The molecule has 4 N–H and O–H groups in total. The second kappa shape index (κ2) is 28.0. The summed E-state index contributed by atoms with van der Waals surface area (Å²) in [7, 11) is 6.14. The van der Waals surface area contributed by atoms with Crippen molar-refractivity contribution in [3.8, 4) is 44.5 Å². The summed E-state index contributed by atoms with van der Waals surface area (Å²) in [4.78, 5) is 18.6. The molecule has 8 heterocycles. The maximum Gasteiger partial charge on any atom is 0.0954 e. The molecule has 4 aliphatic rings. The van der Waals surface area contributed by atoms with Crippen LogP contribution in [-0.2, 0) is 44.6 Å². The summed E-state index contributed by atoms with van der Waals surface area (Å²) < 4.78 is 23.4. The number of rotatable bonds is 12. The number of aromatic nitrogens is 4. The van der Waals surface area contributed by atoms with Crippen LogP contribution in [0.4, 0.5) is 0 Å². The summed E-state index contributed by atoms with van der Waals surface area (Å²) in [5, 5.41) is 6.59. The van der Waals surface area contributed by atoms with Crippen molar-refractivity contribution in [3.63, 3.8) is 0 Å². The second-order valence-corrected chi connectivity index (χ2v) is 19.7. The molecule has 0 spiro atoms. The van der Waals surface area contributed by atoms with Gasteiger partial charge >= 0.3 is 0 Å². The molecule has 12 heteroatoms. The van der Waals surface area contributed by atoms with Crippen molar-refractivity contribution in [2.75, 3.05) is 80.3 Å². The quantitative estimate of drug-likeness (QED) is 0.107. The minimum atomic E-state index is 0.0375. The van der Waals surface area contributed by atoms with Crippen molar-refractivity contribution in [1.82, 2.24) is 35.5 Å². The van der Waals surface area contributed by atoms with Gasteiger partial charge in [-0.3, -0.25) is 19.9 Å². The van der Waals surface area contributed by atoms with Gasteiger partial charge in [0.25, 0.3) is 0 Å². The molecule has 0 aliphatic carbocycles. The van der Waals surface area contributed by atoms with Crippen LogP contribution in [0.15, 0.2) is 171 Å². The maximum absolute atomic E-state index is 5.95. The molecule has 0 saturated carbocycles. The Hall–Kier alpha value is -6.84. The number of likely N-dealkylation sites (N-methyl/N-ethyl adjacent to an activating group) is 3. The molecule has 4 aromatic heterocycles. The average Bonchev–Trinajstić information content (AvgIpc) is 3.49. The molecule has 0 amide bonds. The van der Waals surface area contributed by atoms with Crippen molar-refractivity contribution in [1.29, 1.82) is 0 Å². The number of pyridine rings is 4. The summed E-state index contributed by atoms with van der Waals surface area (Å²) in [6.07, 6.45) is 19.2. The lowest BCUT2D eigenvalue weighted by atomic mass is 9.90. The second-order valence-electron chi connectivity index (χ2n) is 19.7. The number of ether oxygens (including phenoxy) is 4. The van der Waals surface area contributed by atoms with E-state index in [0.717, 1.165) is 78.3 Å². The zero-order chi connectivity index (χ0) is 53.2. The van der Waals surface area contributed by atoms with Crippen LogP contribution in [0, 0.1) is 0 Å². The van der Waals surface area contributed by atoms with Gasteiger partial charge in [-0.2, -0.15) is 0 Å². The lowest BCUT2D eigenvalue weighted by Gasteiger charge is -2.29. The molecule has 0 bridgehead atoms. The third-order valence-electron chi connectivity index (χ3n) is 14.6. The van der Waals surface area contributed by atoms with Crippen LogP contribution >= 0.6 is 0 Å². The average molecular weight is 1030 g/mol. The van der Waals surface area contributed by atoms with Gasteiger partial charge in [0, 0.05) is 75.8 Å². The first-order valence-electron chi connectivity index (χ1n) is 27.2. The van der Waals surface area contributed by atoms with Crippen molar-refractivity contribution in [2.24, 2.45) is 5.73 Å². The Morgan fingerprint density at radius 2 is 0.753 bits per heavy atom. The summed E-state index contributed by atoms with van der Waals surface area (Å²) in [5.74, 6) is 0. The van der Waals surface area contributed by atoms with Crippen LogP contribution in [0.5, 0.6) is 0 Å². The predicted molar refractivity (Wildman–Crippen MR) is 308 cm³/mol. The zero-order valence-electron chi connectivity index (χ0n) is 45.1. The molecule has 4 atom stereocenters. The standard InChI is InChI=1S/2C17H20N2O.C16H18N2O.C15H16N2O/c1-19(2)12-17-16-5-3-4-14(15(16)8-11-20-17)13-6-9-18-10-7-13;1-2-18-12-17-16-5-3-4-14(15(16)8-11-20-17)13-6-9-19-10-7-13;1-17-11-16-15-4-2-3-13(14(15)7-10-19-16)12-5-8-18-9-6-12;16-10-15-14-3-1-2-12(13(14)6-9-18-15)11-4-7-17-8-5-11/h3-7,9-10,17H,8,11-12H2,1-2H3;3-7,9-10,17-18H,2,8,11-12H2,1H3;2-6,8-9,16-17H,7,10-11H2,1H3;1-5,7-8,15H,6,9-10,16H2. The smallest absolute Gasteiger partial charge is 0.0954 e. The first-order chi connectivity index (χ1) is 37.9. The topological polar surface area (TPSA) is 142 Å². The molecular weight excluding hydrogens is 957 g/mol. The third kappa shape index (κ3) is 13.8. The number of nitrogens with two attached hydrogens (primary N) is 1. The van der Waals surface area contributed by atoms with E-state index in [-0.39, 0.29) is 24.4 Å². The fourth-order valence-electron chi connectivity index (χ4n) is 11.0. The van der Waals surface area contributed by atoms with Gasteiger partial charge in [0.1, 0.15) is 0 Å². The summed E-state index contributed by atoms with van der Waals surface area (Å²) in [5.41, 5.74) is 26.7. The van der Waals surface area contributed by atoms with Crippen LogP contribution in [0.3, 0.4) is 0 Å². The molecule has 398 valence electrons. The summed E-state index contributed by atoms with van der Waals surface area (Å²) in [6.45, 7) is 9.42. The third-order valence-corrected chi connectivity index (χ3v) is 14.6. The molecule has 12 rings (SSSR count). The van der Waals surface area contributed by atoms with Crippen LogP contribution in [0.1, 0.15) is 75.8 Å². The highest BCUT2D eigenvalue weighted by molar-refractivity contribution is 5.72. The van der Waals surface area contributed by atoms with Gasteiger partial charge in [-0.15, -0.1) is 0 Å². The molecule has 0 saturated heterocycles. The summed E-state index contributed by atoms with van der Waals surface area (Å²) >= 11 is 0. The number of hydrogen-bond donors (Lipinski definition) is 3. The van der Waals surface area contributed by atoms with Crippen LogP contribution in [-0.4, -0.2) is 105 Å². The Balaban J connectivity index is 0.000000125. The molecule has 0 fully saturated rings. The Labute approximate surface area is 455 Å².